The average Bonchev–Trinajstić information content (AvgIpc) is 2.38. The fraction of sp³-hybridized carbons (Fsp3) is 0.500. The SMILES string of the molecule is S=C(NCCN1CCCCC1)Nc1cc(Cl)cc(Cl)c1. The molecule has 0 radical (unpaired) electrons. The number of likely N-dealkylation sites (tertiary alicyclic amines) is 1. The average molecular weight is 332 g/mol. The van der Waals surface area contributed by atoms with Crippen LogP contribution >= 0.6 is 35.4 Å². The number of nitrogens with zero attached hydrogens (tertiary/aromatic N) is 1. The molecule has 1 aliphatic rings. The summed E-state index contributed by atoms with van der Waals surface area (Å²) in [5, 5.41) is 8.09. The van der Waals surface area contributed by atoms with Gasteiger partial charge in [-0.2, -0.15) is 0 Å². The van der Waals surface area contributed by atoms with Crippen LogP contribution in [0.2, 0.25) is 10.0 Å². The van der Waals surface area contributed by atoms with E-state index >= 15 is 0 Å². The van der Waals surface area contributed by atoms with E-state index in [1.165, 1.54) is 32.4 Å². The van der Waals surface area contributed by atoms with Gasteiger partial charge in [0.15, 0.2) is 5.11 Å². The van der Waals surface area contributed by atoms with Crippen LogP contribution in [0.1, 0.15) is 19.3 Å². The predicted octanol–water partition coefficient (Wildman–Crippen LogP) is 3.77. The Balaban J connectivity index is 1.72. The molecule has 1 saturated heterocycles. The lowest BCUT2D eigenvalue weighted by atomic mass is 10.1. The van der Waals surface area contributed by atoms with Crippen LogP contribution in [0.5, 0.6) is 0 Å². The van der Waals surface area contributed by atoms with Crippen LogP contribution in [0, 0.1) is 0 Å². The van der Waals surface area contributed by atoms with Crippen LogP contribution in [-0.2, 0) is 0 Å². The third-order valence-corrected chi connectivity index (χ3v) is 3.97. The Bertz CT molecular complexity index is 441. The zero-order valence-electron chi connectivity index (χ0n) is 11.3. The van der Waals surface area contributed by atoms with Gasteiger partial charge in [-0.05, 0) is 56.3 Å². The predicted molar refractivity (Wildman–Crippen MR) is 91.0 cm³/mol. The topological polar surface area (TPSA) is 27.3 Å². The fourth-order valence-corrected chi connectivity index (χ4v) is 3.06. The molecule has 2 rings (SSSR count). The highest BCUT2D eigenvalue weighted by molar-refractivity contribution is 7.80. The summed E-state index contributed by atoms with van der Waals surface area (Å²) < 4.78 is 0. The Morgan fingerprint density at radius 2 is 1.75 bits per heavy atom. The molecule has 1 aromatic rings. The molecule has 2 N–H and O–H groups in total. The molecule has 3 nitrogen and oxygen atoms in total. The molecule has 0 unspecified atom stereocenters. The minimum Gasteiger partial charge on any atom is -0.361 e. The molecule has 20 heavy (non-hydrogen) atoms. The van der Waals surface area contributed by atoms with Gasteiger partial charge in [0.1, 0.15) is 0 Å². The lowest BCUT2D eigenvalue weighted by Gasteiger charge is -2.26. The molecular formula is C14H19Cl2N3S. The Morgan fingerprint density at radius 3 is 2.40 bits per heavy atom. The van der Waals surface area contributed by atoms with Crippen molar-refractivity contribution in [2.45, 2.75) is 19.3 Å². The van der Waals surface area contributed by atoms with E-state index in [-0.39, 0.29) is 0 Å². The van der Waals surface area contributed by atoms with E-state index in [1.807, 2.05) is 0 Å². The molecule has 0 atom stereocenters. The van der Waals surface area contributed by atoms with Crippen molar-refractivity contribution in [1.29, 1.82) is 0 Å². The second-order valence-corrected chi connectivity index (χ2v) is 6.22. The smallest absolute Gasteiger partial charge is 0.170 e. The fourth-order valence-electron chi connectivity index (χ4n) is 2.31. The van der Waals surface area contributed by atoms with Gasteiger partial charge in [0, 0.05) is 28.8 Å². The van der Waals surface area contributed by atoms with Crippen molar-refractivity contribution in [2.24, 2.45) is 0 Å². The van der Waals surface area contributed by atoms with Gasteiger partial charge in [-0.1, -0.05) is 29.6 Å². The number of hydrogen-bond donors (Lipinski definition) is 2. The van der Waals surface area contributed by atoms with E-state index in [0.717, 1.165) is 18.8 Å². The Hall–Kier alpha value is -0.550. The van der Waals surface area contributed by atoms with Crippen LogP contribution in [0.4, 0.5) is 5.69 Å². The first-order valence-corrected chi connectivity index (χ1v) is 8.03. The zero-order valence-corrected chi connectivity index (χ0v) is 13.6. The molecular weight excluding hydrogens is 313 g/mol. The molecule has 0 bridgehead atoms. The van der Waals surface area contributed by atoms with Gasteiger partial charge < -0.3 is 15.5 Å². The number of thiocarbonyl (C=S) groups is 1. The first kappa shape index (κ1) is 15.8. The van der Waals surface area contributed by atoms with Crippen molar-refractivity contribution in [1.82, 2.24) is 10.2 Å². The molecule has 1 aliphatic heterocycles. The van der Waals surface area contributed by atoms with Gasteiger partial charge in [0.2, 0.25) is 0 Å². The van der Waals surface area contributed by atoms with Crippen molar-refractivity contribution in [3.05, 3.63) is 28.2 Å². The summed E-state index contributed by atoms with van der Waals surface area (Å²) in [5.74, 6) is 0. The Labute approximate surface area is 135 Å². The van der Waals surface area contributed by atoms with Gasteiger partial charge in [-0.3, -0.25) is 0 Å². The molecule has 1 aromatic carbocycles. The molecule has 0 aliphatic carbocycles. The lowest BCUT2D eigenvalue weighted by Crippen LogP contribution is -2.39. The van der Waals surface area contributed by atoms with E-state index in [9.17, 15) is 0 Å². The number of hydrogen-bond acceptors (Lipinski definition) is 2. The molecule has 0 aromatic heterocycles. The summed E-state index contributed by atoms with van der Waals surface area (Å²) in [6.45, 7) is 4.27. The van der Waals surface area contributed by atoms with Crippen molar-refractivity contribution in [3.8, 4) is 0 Å². The Morgan fingerprint density at radius 1 is 1.10 bits per heavy atom. The van der Waals surface area contributed by atoms with E-state index in [0.29, 0.717) is 15.2 Å². The highest BCUT2D eigenvalue weighted by Crippen LogP contribution is 2.22. The molecule has 6 heteroatoms. The van der Waals surface area contributed by atoms with Crippen molar-refractivity contribution in [2.75, 3.05) is 31.5 Å². The second kappa shape index (κ2) is 8.03. The normalized spacial score (nSPS) is 15.9. The van der Waals surface area contributed by atoms with Gasteiger partial charge in [0.25, 0.3) is 0 Å². The maximum absolute atomic E-state index is 5.94. The summed E-state index contributed by atoms with van der Waals surface area (Å²) in [6.07, 6.45) is 3.98. The van der Waals surface area contributed by atoms with E-state index in [4.69, 9.17) is 35.4 Å². The van der Waals surface area contributed by atoms with Crippen LogP contribution in [0.3, 0.4) is 0 Å². The van der Waals surface area contributed by atoms with Crippen molar-refractivity contribution < 1.29 is 0 Å². The van der Waals surface area contributed by atoms with Gasteiger partial charge >= 0.3 is 0 Å². The zero-order chi connectivity index (χ0) is 14.4. The largest absolute Gasteiger partial charge is 0.361 e. The van der Waals surface area contributed by atoms with E-state index in [2.05, 4.69) is 15.5 Å². The van der Waals surface area contributed by atoms with Crippen LogP contribution < -0.4 is 10.6 Å². The monoisotopic (exact) mass is 331 g/mol. The van der Waals surface area contributed by atoms with E-state index < -0.39 is 0 Å². The number of anilines is 1. The molecule has 110 valence electrons. The van der Waals surface area contributed by atoms with Crippen LogP contribution in [0.25, 0.3) is 0 Å². The molecule has 0 saturated carbocycles. The number of piperidine rings is 1. The number of nitrogens with one attached hydrogen (secondary N) is 2. The van der Waals surface area contributed by atoms with Gasteiger partial charge in [-0.25, -0.2) is 0 Å². The van der Waals surface area contributed by atoms with Gasteiger partial charge in [-0.15, -0.1) is 0 Å². The minimum absolute atomic E-state index is 0.594. The molecule has 0 amide bonds. The minimum atomic E-state index is 0.594. The Kier molecular flexibility index (Phi) is 6.36. The quantitative estimate of drug-likeness (QED) is 0.821. The van der Waals surface area contributed by atoms with Crippen LogP contribution in [-0.4, -0.2) is 36.2 Å². The number of halogens is 2. The maximum Gasteiger partial charge on any atom is 0.170 e. The van der Waals surface area contributed by atoms with Gasteiger partial charge in [0.05, 0.1) is 0 Å². The highest BCUT2D eigenvalue weighted by Gasteiger charge is 2.09. The number of benzene rings is 1. The second-order valence-electron chi connectivity index (χ2n) is 4.94. The lowest BCUT2D eigenvalue weighted by molar-refractivity contribution is 0.232. The summed E-state index contributed by atoms with van der Waals surface area (Å²) in [6, 6.07) is 5.29. The summed E-state index contributed by atoms with van der Waals surface area (Å²) in [4.78, 5) is 2.47. The summed E-state index contributed by atoms with van der Waals surface area (Å²) in [7, 11) is 0. The maximum atomic E-state index is 5.94. The number of rotatable bonds is 4. The van der Waals surface area contributed by atoms with Crippen molar-refractivity contribution in [3.63, 3.8) is 0 Å². The third kappa shape index (κ3) is 5.44. The third-order valence-electron chi connectivity index (χ3n) is 3.28. The first-order chi connectivity index (χ1) is 9.63. The van der Waals surface area contributed by atoms with E-state index in [1.54, 1.807) is 18.2 Å². The molecule has 0 spiro atoms. The standard InChI is InChI=1S/C14H19Cl2N3S/c15-11-8-12(16)10-13(9-11)18-14(20)17-4-7-19-5-2-1-3-6-19/h8-10H,1-7H2,(H2,17,18,20). The first-order valence-electron chi connectivity index (χ1n) is 6.87. The summed E-state index contributed by atoms with van der Waals surface area (Å²) in [5.41, 5.74) is 0.804. The molecule has 1 fully saturated rings. The van der Waals surface area contributed by atoms with Crippen molar-refractivity contribution >= 4 is 46.2 Å². The van der Waals surface area contributed by atoms with Crippen LogP contribution in [0.15, 0.2) is 18.2 Å². The molecule has 1 heterocycles. The highest BCUT2D eigenvalue weighted by atomic mass is 35.5. The summed E-state index contributed by atoms with van der Waals surface area (Å²) >= 11 is 17.2.